The Bertz CT molecular complexity index is 1290. The van der Waals surface area contributed by atoms with Crippen LogP contribution in [0.4, 0.5) is 10.7 Å². The SMILES string of the molecule is [C-]#[N+]c1nccc(COc2ccc(C(C)(C)c3ccc(OC4CC(NC(=O)OC(C)(C)C)C4)cc3)cc2)n1. The highest BCUT2D eigenvalue weighted by Crippen LogP contribution is 2.34. The number of aromatic nitrogens is 2. The highest BCUT2D eigenvalue weighted by molar-refractivity contribution is 5.68. The Hall–Kier alpha value is -4.12. The molecule has 3 aromatic rings. The van der Waals surface area contributed by atoms with Crippen molar-refractivity contribution in [3.05, 3.63) is 89.0 Å². The van der Waals surface area contributed by atoms with Crippen molar-refractivity contribution < 1.29 is 19.0 Å². The molecule has 1 amide bonds. The second-order valence-electron chi connectivity index (χ2n) is 11.0. The van der Waals surface area contributed by atoms with E-state index in [2.05, 4.69) is 58.2 Å². The number of hydrogen-bond acceptors (Lipinski definition) is 6. The molecule has 38 heavy (non-hydrogen) atoms. The molecule has 8 heteroatoms. The number of ether oxygens (including phenoxy) is 3. The van der Waals surface area contributed by atoms with E-state index in [1.54, 1.807) is 12.3 Å². The third kappa shape index (κ3) is 7.00. The van der Waals surface area contributed by atoms with E-state index < -0.39 is 5.60 Å². The van der Waals surface area contributed by atoms with Crippen LogP contribution < -0.4 is 14.8 Å². The molecule has 1 heterocycles. The van der Waals surface area contributed by atoms with E-state index in [1.165, 1.54) is 5.56 Å². The van der Waals surface area contributed by atoms with Crippen molar-refractivity contribution in [2.75, 3.05) is 0 Å². The van der Waals surface area contributed by atoms with Gasteiger partial charge in [-0.15, -0.1) is 6.57 Å². The highest BCUT2D eigenvalue weighted by atomic mass is 16.6. The lowest BCUT2D eigenvalue weighted by Crippen LogP contribution is -2.50. The Balaban J connectivity index is 1.28. The van der Waals surface area contributed by atoms with Gasteiger partial charge in [-0.05, 0) is 56.2 Å². The Kier molecular flexibility index (Phi) is 7.86. The topological polar surface area (TPSA) is 86.9 Å². The van der Waals surface area contributed by atoms with Crippen molar-refractivity contribution in [3.8, 4) is 11.5 Å². The summed E-state index contributed by atoms with van der Waals surface area (Å²) in [6.07, 6.45) is 2.79. The molecular formula is C30H34N4O4. The fourth-order valence-electron chi connectivity index (χ4n) is 4.21. The van der Waals surface area contributed by atoms with Gasteiger partial charge in [0.05, 0.1) is 6.20 Å². The van der Waals surface area contributed by atoms with E-state index >= 15 is 0 Å². The number of carbonyl (C=O) groups excluding carboxylic acids is 1. The zero-order valence-electron chi connectivity index (χ0n) is 22.5. The smallest absolute Gasteiger partial charge is 0.407 e. The molecule has 198 valence electrons. The van der Waals surface area contributed by atoms with Gasteiger partial charge in [-0.25, -0.2) is 4.79 Å². The lowest BCUT2D eigenvalue weighted by Gasteiger charge is -2.36. The summed E-state index contributed by atoms with van der Waals surface area (Å²) in [4.78, 5) is 23.2. The molecule has 0 aliphatic heterocycles. The minimum absolute atomic E-state index is 0.0802. The first kappa shape index (κ1) is 26.9. The van der Waals surface area contributed by atoms with Gasteiger partial charge < -0.3 is 24.4 Å². The molecule has 0 unspecified atom stereocenters. The molecule has 4 rings (SSSR count). The largest absolute Gasteiger partial charge is 0.490 e. The number of rotatable bonds is 8. The van der Waals surface area contributed by atoms with E-state index in [-0.39, 0.29) is 36.2 Å². The van der Waals surface area contributed by atoms with Crippen LogP contribution in [0.25, 0.3) is 4.85 Å². The molecule has 2 aromatic carbocycles. The minimum Gasteiger partial charge on any atom is -0.490 e. The molecular weight excluding hydrogens is 480 g/mol. The Morgan fingerprint density at radius 3 is 2.16 bits per heavy atom. The molecule has 1 aliphatic carbocycles. The standard InChI is InChI=1S/C30H34N4O4/c1-29(2,3)38-28(35)34-23-17-26(18-23)37-25-13-9-21(10-14-25)30(4,5)20-7-11-24(12-8-20)36-19-22-15-16-32-27(31-6)33-22/h7-16,23,26H,17-19H2,1-5H3,(H,34,35). The fraction of sp³-hybridized carbons (Fsp3) is 0.400. The van der Waals surface area contributed by atoms with Crippen LogP contribution in [-0.2, 0) is 16.8 Å². The molecule has 0 atom stereocenters. The Morgan fingerprint density at radius 1 is 0.974 bits per heavy atom. The molecule has 8 nitrogen and oxygen atoms in total. The van der Waals surface area contributed by atoms with Gasteiger partial charge in [0.25, 0.3) is 0 Å². The maximum absolute atomic E-state index is 11.9. The van der Waals surface area contributed by atoms with Crippen LogP contribution >= 0.6 is 0 Å². The number of nitrogens with one attached hydrogen (secondary N) is 1. The molecule has 0 spiro atoms. The van der Waals surface area contributed by atoms with Crippen molar-refractivity contribution in [2.45, 2.75) is 77.2 Å². The van der Waals surface area contributed by atoms with Crippen molar-refractivity contribution in [3.63, 3.8) is 0 Å². The average molecular weight is 515 g/mol. The summed E-state index contributed by atoms with van der Waals surface area (Å²) in [5.74, 6) is 1.67. The first-order valence-corrected chi connectivity index (χ1v) is 12.7. The van der Waals surface area contributed by atoms with Gasteiger partial charge in [-0.2, -0.15) is 9.97 Å². The van der Waals surface area contributed by atoms with E-state index in [9.17, 15) is 4.79 Å². The van der Waals surface area contributed by atoms with E-state index in [0.29, 0.717) is 5.69 Å². The average Bonchev–Trinajstić information content (AvgIpc) is 2.86. The molecule has 1 aromatic heterocycles. The first-order chi connectivity index (χ1) is 18.0. The summed E-state index contributed by atoms with van der Waals surface area (Å²) >= 11 is 0. The van der Waals surface area contributed by atoms with Gasteiger partial charge in [0.15, 0.2) is 0 Å². The summed E-state index contributed by atoms with van der Waals surface area (Å²) in [6.45, 7) is 17.2. The highest BCUT2D eigenvalue weighted by Gasteiger charge is 2.33. The summed E-state index contributed by atoms with van der Waals surface area (Å²) < 4.78 is 17.3. The zero-order valence-corrected chi connectivity index (χ0v) is 22.5. The molecule has 1 fully saturated rings. The number of hydrogen-bond donors (Lipinski definition) is 1. The van der Waals surface area contributed by atoms with E-state index in [0.717, 1.165) is 29.9 Å². The van der Waals surface area contributed by atoms with Gasteiger partial charge in [-0.1, -0.05) is 38.1 Å². The normalized spacial score (nSPS) is 17.1. The molecule has 1 N–H and O–H groups in total. The summed E-state index contributed by atoms with van der Waals surface area (Å²) in [7, 11) is 0. The lowest BCUT2D eigenvalue weighted by atomic mass is 9.78. The van der Waals surface area contributed by atoms with Crippen LogP contribution in [0.2, 0.25) is 0 Å². The monoisotopic (exact) mass is 514 g/mol. The molecule has 0 saturated heterocycles. The molecule has 1 aliphatic rings. The van der Waals surface area contributed by atoms with Gasteiger partial charge in [-0.3, -0.25) is 0 Å². The quantitative estimate of drug-likeness (QED) is 0.352. The lowest BCUT2D eigenvalue weighted by molar-refractivity contribution is 0.0363. The van der Waals surface area contributed by atoms with Crippen LogP contribution in [0.15, 0.2) is 60.8 Å². The van der Waals surface area contributed by atoms with Crippen LogP contribution in [0, 0.1) is 6.57 Å². The van der Waals surface area contributed by atoms with Crippen LogP contribution in [-0.4, -0.2) is 33.8 Å². The maximum Gasteiger partial charge on any atom is 0.407 e. The maximum atomic E-state index is 11.9. The van der Waals surface area contributed by atoms with Crippen LogP contribution in [0.3, 0.4) is 0 Å². The van der Waals surface area contributed by atoms with Crippen LogP contribution in [0.5, 0.6) is 11.5 Å². The Labute approximate surface area is 224 Å². The number of carbonyl (C=O) groups is 1. The molecule has 0 bridgehead atoms. The summed E-state index contributed by atoms with van der Waals surface area (Å²) in [5, 5.41) is 2.89. The predicted molar refractivity (Wildman–Crippen MR) is 144 cm³/mol. The van der Waals surface area contributed by atoms with Gasteiger partial charge >= 0.3 is 12.0 Å². The second-order valence-corrected chi connectivity index (χ2v) is 11.0. The van der Waals surface area contributed by atoms with Gasteiger partial charge in [0.1, 0.15) is 35.5 Å². The van der Waals surface area contributed by atoms with Crippen LogP contribution in [0.1, 0.15) is 64.3 Å². The number of alkyl carbamates (subject to hydrolysis) is 1. The van der Waals surface area contributed by atoms with Crippen molar-refractivity contribution >= 4 is 12.0 Å². The molecule has 1 saturated carbocycles. The van der Waals surface area contributed by atoms with Crippen molar-refractivity contribution in [1.82, 2.24) is 15.3 Å². The van der Waals surface area contributed by atoms with E-state index in [1.807, 2.05) is 45.0 Å². The van der Waals surface area contributed by atoms with E-state index in [4.69, 9.17) is 20.8 Å². The molecule has 0 radical (unpaired) electrons. The predicted octanol–water partition coefficient (Wildman–Crippen LogP) is 6.37. The minimum atomic E-state index is -0.502. The second kappa shape index (κ2) is 11.1. The number of amides is 1. The third-order valence-corrected chi connectivity index (χ3v) is 6.46. The van der Waals surface area contributed by atoms with Gasteiger partial charge in [0.2, 0.25) is 0 Å². The van der Waals surface area contributed by atoms with Crippen molar-refractivity contribution in [1.29, 1.82) is 0 Å². The first-order valence-electron chi connectivity index (χ1n) is 12.7. The zero-order chi connectivity index (χ0) is 27.3. The number of benzene rings is 2. The van der Waals surface area contributed by atoms with Gasteiger partial charge in [0, 0.05) is 30.4 Å². The van der Waals surface area contributed by atoms with Crippen molar-refractivity contribution in [2.24, 2.45) is 0 Å². The third-order valence-electron chi connectivity index (χ3n) is 6.46. The number of nitrogens with zero attached hydrogens (tertiary/aromatic N) is 3. The summed E-state index contributed by atoms with van der Waals surface area (Å²) in [5.41, 5.74) is 2.27. The fourth-order valence-corrected chi connectivity index (χ4v) is 4.21. The Morgan fingerprint density at radius 2 is 1.58 bits per heavy atom. The summed E-state index contributed by atoms with van der Waals surface area (Å²) in [6, 6.07) is 18.0.